The van der Waals surface area contributed by atoms with Crippen LogP contribution in [0.1, 0.15) is 26.6 Å². The molecule has 3 rings (SSSR count). The Morgan fingerprint density at radius 2 is 1.78 bits per heavy atom. The minimum Gasteiger partial charge on any atom is -0.382 e. The molecule has 1 aromatic carbocycles. The van der Waals surface area contributed by atoms with Crippen molar-refractivity contribution in [1.29, 1.82) is 0 Å². The van der Waals surface area contributed by atoms with Gasteiger partial charge in [-0.25, -0.2) is 23.7 Å². The lowest BCUT2D eigenvalue weighted by atomic mass is 10.1. The van der Waals surface area contributed by atoms with Gasteiger partial charge in [-0.3, -0.25) is 0 Å². The zero-order valence-corrected chi connectivity index (χ0v) is 15.7. The average Bonchev–Trinajstić information content (AvgIpc) is 2.90. The van der Waals surface area contributed by atoms with Crippen LogP contribution in [-0.2, 0) is 6.54 Å². The number of imidazole rings is 1. The van der Waals surface area contributed by atoms with E-state index in [2.05, 4.69) is 26.8 Å². The number of anilines is 1. The molecule has 0 fully saturated rings. The monoisotopic (exact) mass is 393 g/mol. The van der Waals surface area contributed by atoms with E-state index in [1.807, 2.05) is 6.92 Å². The van der Waals surface area contributed by atoms with Crippen LogP contribution in [0.15, 0.2) is 18.2 Å². The number of hydrogen-bond donors (Lipinski definition) is 2. The average molecular weight is 394 g/mol. The highest BCUT2D eigenvalue weighted by Crippen LogP contribution is 2.27. The number of nitrogen functional groups attached to an aromatic ring is 1. The maximum absolute atomic E-state index is 13.6. The molecule has 9 heteroatoms. The summed E-state index contributed by atoms with van der Waals surface area (Å²) in [5, 5.41) is 9.72. The molecule has 142 valence electrons. The Labute approximate surface area is 160 Å². The third kappa shape index (κ3) is 4.32. The van der Waals surface area contributed by atoms with Crippen LogP contribution in [-0.4, -0.2) is 30.2 Å². The fourth-order valence-corrected chi connectivity index (χ4v) is 2.49. The number of halogens is 3. The normalized spacial score (nSPS) is 11.0. The van der Waals surface area contributed by atoms with Crippen LogP contribution in [0.4, 0.5) is 14.6 Å². The predicted molar refractivity (Wildman–Crippen MR) is 101 cm³/mol. The highest BCUT2D eigenvalue weighted by Gasteiger charge is 2.18. The first kappa shape index (κ1) is 20.6. The van der Waals surface area contributed by atoms with Gasteiger partial charge >= 0.3 is 0 Å². The molecule has 0 aliphatic carbocycles. The molecule has 0 amide bonds. The summed E-state index contributed by atoms with van der Waals surface area (Å²) >= 11 is 0. The Hall–Kier alpha value is -2.76. The Kier molecular flexibility index (Phi) is 5.68. The summed E-state index contributed by atoms with van der Waals surface area (Å²) in [4.78, 5) is 12.8. The summed E-state index contributed by atoms with van der Waals surface area (Å²) in [6.07, 6.45) is 0. The van der Waals surface area contributed by atoms with Gasteiger partial charge in [0.2, 0.25) is 5.82 Å². The van der Waals surface area contributed by atoms with E-state index in [9.17, 15) is 13.9 Å². The number of aryl methyl sites for hydroxylation is 1. The van der Waals surface area contributed by atoms with Gasteiger partial charge in [0.1, 0.15) is 23.1 Å². The number of fused-ring (bicyclic) bond motifs is 1. The van der Waals surface area contributed by atoms with Crippen molar-refractivity contribution < 1.29 is 13.9 Å². The lowest BCUT2D eigenvalue weighted by Gasteiger charge is -2.07. The third-order valence-electron chi connectivity index (χ3n) is 3.54. The van der Waals surface area contributed by atoms with E-state index in [1.54, 1.807) is 4.57 Å². The molecule has 0 aliphatic rings. The second-order valence-electron chi connectivity index (χ2n) is 6.25. The van der Waals surface area contributed by atoms with Crippen molar-refractivity contribution in [3.05, 3.63) is 35.7 Å². The molecule has 0 saturated carbocycles. The maximum atomic E-state index is 13.6. The number of benzene rings is 1. The van der Waals surface area contributed by atoms with Gasteiger partial charge in [-0.15, -0.1) is 12.4 Å². The zero-order valence-electron chi connectivity index (χ0n) is 14.9. The van der Waals surface area contributed by atoms with Gasteiger partial charge in [-0.1, -0.05) is 5.92 Å². The predicted octanol–water partition coefficient (Wildman–Crippen LogP) is 2.92. The Morgan fingerprint density at radius 3 is 2.33 bits per heavy atom. The van der Waals surface area contributed by atoms with E-state index < -0.39 is 17.2 Å². The van der Waals surface area contributed by atoms with Crippen LogP contribution in [0, 0.1) is 23.5 Å². The van der Waals surface area contributed by atoms with Gasteiger partial charge in [-0.05, 0) is 38.8 Å². The molecule has 0 aliphatic heterocycles. The second-order valence-corrected chi connectivity index (χ2v) is 6.25. The minimum atomic E-state index is -1.21. The molecule has 0 atom stereocenters. The van der Waals surface area contributed by atoms with Gasteiger partial charge < -0.3 is 15.4 Å². The number of nitrogens with zero attached hydrogens (tertiary/aromatic N) is 4. The number of hydrogen-bond acceptors (Lipinski definition) is 5. The fraction of sp³-hybridized carbons (Fsp3) is 0.278. The molecule has 0 radical (unpaired) electrons. The van der Waals surface area contributed by atoms with E-state index in [1.165, 1.54) is 26.0 Å². The molecule has 6 nitrogen and oxygen atoms in total. The van der Waals surface area contributed by atoms with Crippen molar-refractivity contribution in [2.75, 3.05) is 5.73 Å². The van der Waals surface area contributed by atoms with Crippen LogP contribution in [0.2, 0.25) is 0 Å². The first-order valence-corrected chi connectivity index (χ1v) is 7.93. The summed E-state index contributed by atoms with van der Waals surface area (Å²) in [6, 6.07) is 3.17. The standard InChI is InChI=1S/C18H17F2N5O.ClH/c1-4-25-16(10-7-11(19)9-12(20)8-10)24-14-15(21)22-13(23-17(14)25)5-6-18(2,3)26;/h7-9,26H,4H2,1-3H3,(H2,21,22,23);1H. The van der Waals surface area contributed by atoms with Crippen molar-refractivity contribution >= 4 is 29.4 Å². The molecule has 27 heavy (non-hydrogen) atoms. The van der Waals surface area contributed by atoms with Crippen LogP contribution in [0.25, 0.3) is 22.6 Å². The van der Waals surface area contributed by atoms with Crippen LogP contribution in [0.5, 0.6) is 0 Å². The van der Waals surface area contributed by atoms with E-state index in [-0.39, 0.29) is 29.6 Å². The van der Waals surface area contributed by atoms with Crippen LogP contribution >= 0.6 is 12.4 Å². The maximum Gasteiger partial charge on any atom is 0.209 e. The lowest BCUT2D eigenvalue weighted by Crippen LogP contribution is -2.14. The van der Waals surface area contributed by atoms with Gasteiger partial charge in [0.25, 0.3) is 0 Å². The van der Waals surface area contributed by atoms with Crippen molar-refractivity contribution in [1.82, 2.24) is 19.5 Å². The van der Waals surface area contributed by atoms with Crippen LogP contribution in [0.3, 0.4) is 0 Å². The molecule has 2 heterocycles. The quantitative estimate of drug-likeness (QED) is 0.653. The molecular formula is C18H18ClF2N5O. The van der Waals surface area contributed by atoms with Crippen molar-refractivity contribution in [2.45, 2.75) is 32.9 Å². The highest BCUT2D eigenvalue weighted by molar-refractivity contribution is 5.86. The summed E-state index contributed by atoms with van der Waals surface area (Å²) in [7, 11) is 0. The second kappa shape index (κ2) is 7.47. The van der Waals surface area contributed by atoms with Crippen molar-refractivity contribution in [3.63, 3.8) is 0 Å². The van der Waals surface area contributed by atoms with Gasteiger partial charge in [0.05, 0.1) is 0 Å². The summed E-state index contributed by atoms with van der Waals surface area (Å²) in [6.45, 7) is 5.36. The molecule has 2 aromatic heterocycles. The summed E-state index contributed by atoms with van der Waals surface area (Å²) in [5.74, 6) is 4.44. The summed E-state index contributed by atoms with van der Waals surface area (Å²) < 4.78 is 28.9. The number of aromatic nitrogens is 4. The van der Waals surface area contributed by atoms with Gasteiger partial charge in [-0.2, -0.15) is 0 Å². The van der Waals surface area contributed by atoms with E-state index in [0.29, 0.717) is 23.5 Å². The molecular weight excluding hydrogens is 376 g/mol. The topological polar surface area (TPSA) is 89.9 Å². The van der Waals surface area contributed by atoms with Crippen molar-refractivity contribution in [2.24, 2.45) is 0 Å². The molecule has 0 unspecified atom stereocenters. The molecule has 0 spiro atoms. The number of nitrogens with two attached hydrogens (primary N) is 1. The number of rotatable bonds is 2. The lowest BCUT2D eigenvalue weighted by molar-refractivity contribution is 0.143. The van der Waals surface area contributed by atoms with Crippen LogP contribution < -0.4 is 5.73 Å². The molecule has 3 N–H and O–H groups in total. The minimum absolute atomic E-state index is 0. The largest absolute Gasteiger partial charge is 0.382 e. The van der Waals surface area contributed by atoms with Crippen molar-refractivity contribution in [3.8, 4) is 23.2 Å². The Bertz CT molecular complexity index is 1040. The molecule has 0 saturated heterocycles. The molecule has 3 aromatic rings. The smallest absolute Gasteiger partial charge is 0.209 e. The Morgan fingerprint density at radius 1 is 1.15 bits per heavy atom. The van der Waals surface area contributed by atoms with Gasteiger partial charge in [0, 0.05) is 18.2 Å². The van der Waals surface area contributed by atoms with E-state index >= 15 is 0 Å². The Balaban J connectivity index is 0.00000261. The summed E-state index contributed by atoms with van der Waals surface area (Å²) in [5.41, 5.74) is 5.75. The highest BCUT2D eigenvalue weighted by atomic mass is 35.5. The first-order valence-electron chi connectivity index (χ1n) is 7.93. The van der Waals surface area contributed by atoms with Gasteiger partial charge in [0.15, 0.2) is 17.0 Å². The fourth-order valence-electron chi connectivity index (χ4n) is 2.49. The zero-order chi connectivity index (χ0) is 19.1. The third-order valence-corrected chi connectivity index (χ3v) is 3.54. The van der Waals surface area contributed by atoms with E-state index in [4.69, 9.17) is 5.73 Å². The number of aliphatic hydroxyl groups is 1. The molecule has 0 bridgehead atoms. The SMILES string of the molecule is CCn1c(-c2cc(F)cc(F)c2)nc2c(N)nc(C#CC(C)(C)O)nc21.Cl. The van der Waals surface area contributed by atoms with E-state index in [0.717, 1.165) is 6.07 Å². The first-order chi connectivity index (χ1) is 12.2.